The summed E-state index contributed by atoms with van der Waals surface area (Å²) < 4.78 is 6.85. The monoisotopic (exact) mass is 259 g/mol. The molecule has 0 N–H and O–H groups in total. The Morgan fingerprint density at radius 3 is 1.94 bits per heavy atom. The third-order valence-corrected chi connectivity index (χ3v) is 3.49. The van der Waals surface area contributed by atoms with Crippen LogP contribution in [0.3, 0.4) is 0 Å². The van der Waals surface area contributed by atoms with Crippen molar-refractivity contribution in [2.24, 2.45) is 0 Å². The Morgan fingerprint density at radius 2 is 1.50 bits per heavy atom. The zero-order valence-electron chi connectivity index (χ0n) is 13.7. The molecule has 0 bridgehead atoms. The first-order valence-corrected chi connectivity index (χ1v) is 7.45. The van der Waals surface area contributed by atoms with Crippen molar-refractivity contribution in [2.75, 3.05) is 46.9 Å². The van der Waals surface area contributed by atoms with Crippen LogP contribution in [-0.2, 0) is 4.74 Å². The number of quaternary nitrogens is 1. The van der Waals surface area contributed by atoms with Gasteiger partial charge in [-0.2, -0.15) is 0 Å². The Labute approximate surface area is 115 Å². The maximum atomic E-state index is 5.79. The van der Waals surface area contributed by atoms with E-state index in [9.17, 15) is 0 Å². The van der Waals surface area contributed by atoms with Crippen LogP contribution in [0.25, 0.3) is 0 Å². The van der Waals surface area contributed by atoms with Gasteiger partial charge in [0.15, 0.2) is 0 Å². The zero-order chi connectivity index (χ0) is 14.2. The summed E-state index contributed by atoms with van der Waals surface area (Å²) in [6, 6.07) is 1.20. The van der Waals surface area contributed by atoms with Gasteiger partial charge in [-0.25, -0.2) is 0 Å². The standard InChI is InChI=1S/C15H35N2O/c1-8-10-17(6,7)11-13-18-12-9-16(14(2)3)15(4)5/h14-15H,8-13H2,1-7H3/q+1. The molecule has 0 aliphatic rings. The lowest BCUT2D eigenvalue weighted by molar-refractivity contribution is -0.890. The summed E-state index contributed by atoms with van der Waals surface area (Å²) in [6.07, 6.45) is 1.24. The second-order valence-electron chi connectivity index (χ2n) is 6.42. The molecule has 18 heavy (non-hydrogen) atoms. The van der Waals surface area contributed by atoms with E-state index in [1.54, 1.807) is 0 Å². The highest BCUT2D eigenvalue weighted by Crippen LogP contribution is 2.04. The van der Waals surface area contributed by atoms with Gasteiger partial charge in [0, 0.05) is 18.6 Å². The second-order valence-corrected chi connectivity index (χ2v) is 6.42. The summed E-state index contributed by atoms with van der Waals surface area (Å²) in [5.41, 5.74) is 0. The van der Waals surface area contributed by atoms with Crippen molar-refractivity contribution >= 4 is 0 Å². The predicted molar refractivity (Wildman–Crippen MR) is 79.9 cm³/mol. The third-order valence-electron chi connectivity index (χ3n) is 3.49. The lowest BCUT2D eigenvalue weighted by atomic mass is 10.2. The minimum absolute atomic E-state index is 0.598. The van der Waals surface area contributed by atoms with E-state index in [4.69, 9.17) is 4.74 Å². The van der Waals surface area contributed by atoms with E-state index in [1.165, 1.54) is 13.0 Å². The molecule has 0 heterocycles. The van der Waals surface area contributed by atoms with E-state index in [-0.39, 0.29) is 0 Å². The molecule has 0 rings (SSSR count). The maximum Gasteiger partial charge on any atom is 0.102 e. The first-order valence-electron chi connectivity index (χ1n) is 7.45. The average Bonchev–Trinajstić information content (AvgIpc) is 2.21. The van der Waals surface area contributed by atoms with Crippen molar-refractivity contribution in [1.29, 1.82) is 0 Å². The summed E-state index contributed by atoms with van der Waals surface area (Å²) >= 11 is 0. The Bertz CT molecular complexity index is 195. The van der Waals surface area contributed by atoms with Gasteiger partial charge in [-0.15, -0.1) is 0 Å². The summed E-state index contributed by atoms with van der Waals surface area (Å²) in [5.74, 6) is 0. The first kappa shape index (κ1) is 17.9. The number of rotatable bonds is 10. The summed E-state index contributed by atoms with van der Waals surface area (Å²) in [6.45, 7) is 16.3. The van der Waals surface area contributed by atoms with Gasteiger partial charge in [-0.3, -0.25) is 4.90 Å². The van der Waals surface area contributed by atoms with E-state index in [2.05, 4.69) is 53.6 Å². The molecule has 0 spiro atoms. The van der Waals surface area contributed by atoms with Gasteiger partial charge in [-0.05, 0) is 34.1 Å². The van der Waals surface area contributed by atoms with Gasteiger partial charge < -0.3 is 9.22 Å². The topological polar surface area (TPSA) is 12.5 Å². The van der Waals surface area contributed by atoms with Gasteiger partial charge in [0.1, 0.15) is 6.54 Å². The normalized spacial score (nSPS) is 13.0. The summed E-state index contributed by atoms with van der Waals surface area (Å²) in [7, 11) is 4.56. The molecule has 0 aliphatic heterocycles. The average molecular weight is 259 g/mol. The van der Waals surface area contributed by atoms with Crippen LogP contribution in [-0.4, -0.2) is 68.4 Å². The highest BCUT2D eigenvalue weighted by Gasteiger charge is 2.14. The fourth-order valence-corrected chi connectivity index (χ4v) is 2.41. The molecule has 0 aromatic carbocycles. The molecule has 110 valence electrons. The van der Waals surface area contributed by atoms with E-state index in [0.717, 1.165) is 30.8 Å². The van der Waals surface area contributed by atoms with Crippen LogP contribution in [0.15, 0.2) is 0 Å². The van der Waals surface area contributed by atoms with Crippen molar-refractivity contribution in [1.82, 2.24) is 4.90 Å². The van der Waals surface area contributed by atoms with Gasteiger partial charge in [-0.1, -0.05) is 6.92 Å². The van der Waals surface area contributed by atoms with Gasteiger partial charge >= 0.3 is 0 Å². The maximum absolute atomic E-state index is 5.79. The van der Waals surface area contributed by atoms with Crippen molar-refractivity contribution in [3.8, 4) is 0 Å². The van der Waals surface area contributed by atoms with Crippen molar-refractivity contribution in [2.45, 2.75) is 53.1 Å². The summed E-state index contributed by atoms with van der Waals surface area (Å²) in [5, 5.41) is 0. The molecule has 0 atom stereocenters. The minimum Gasteiger partial charge on any atom is -0.374 e. The smallest absolute Gasteiger partial charge is 0.102 e. The summed E-state index contributed by atoms with van der Waals surface area (Å²) in [4.78, 5) is 2.48. The lowest BCUT2D eigenvalue weighted by Crippen LogP contribution is -2.43. The Kier molecular flexibility index (Phi) is 8.83. The SMILES string of the molecule is CCC[N+](C)(C)CCOCCN(C(C)C)C(C)C. The van der Waals surface area contributed by atoms with Crippen molar-refractivity contribution in [3.05, 3.63) is 0 Å². The van der Waals surface area contributed by atoms with E-state index in [0.29, 0.717) is 12.1 Å². The molecule has 0 radical (unpaired) electrons. The van der Waals surface area contributed by atoms with Gasteiger partial charge in [0.05, 0.1) is 33.9 Å². The highest BCUT2D eigenvalue weighted by molar-refractivity contribution is 4.66. The Balaban J connectivity index is 3.73. The molecule has 0 aliphatic carbocycles. The lowest BCUT2D eigenvalue weighted by Gasteiger charge is -2.31. The fraction of sp³-hybridized carbons (Fsp3) is 1.00. The van der Waals surface area contributed by atoms with E-state index < -0.39 is 0 Å². The van der Waals surface area contributed by atoms with Crippen LogP contribution in [0.5, 0.6) is 0 Å². The molecule has 0 saturated carbocycles. The third kappa shape index (κ3) is 8.06. The van der Waals surface area contributed by atoms with Crippen LogP contribution in [0.2, 0.25) is 0 Å². The fourth-order valence-electron chi connectivity index (χ4n) is 2.41. The predicted octanol–water partition coefficient (Wildman–Crippen LogP) is 2.61. The van der Waals surface area contributed by atoms with E-state index in [1.807, 2.05) is 0 Å². The zero-order valence-corrected chi connectivity index (χ0v) is 13.7. The molecule has 0 unspecified atom stereocenters. The molecule has 0 fully saturated rings. The van der Waals surface area contributed by atoms with Gasteiger partial charge in [0.2, 0.25) is 0 Å². The number of likely N-dealkylation sites (N-methyl/N-ethyl adjacent to an activating group) is 1. The van der Waals surface area contributed by atoms with Crippen molar-refractivity contribution < 1.29 is 9.22 Å². The molecular weight excluding hydrogens is 224 g/mol. The Hall–Kier alpha value is -0.120. The van der Waals surface area contributed by atoms with Crippen LogP contribution in [0.4, 0.5) is 0 Å². The number of nitrogens with zero attached hydrogens (tertiary/aromatic N) is 2. The first-order chi connectivity index (χ1) is 8.30. The van der Waals surface area contributed by atoms with Crippen LogP contribution in [0, 0.1) is 0 Å². The largest absolute Gasteiger partial charge is 0.374 e. The highest BCUT2D eigenvalue weighted by atomic mass is 16.5. The minimum atomic E-state index is 0.598. The van der Waals surface area contributed by atoms with E-state index >= 15 is 0 Å². The molecule has 0 saturated heterocycles. The number of hydrogen-bond donors (Lipinski definition) is 0. The molecule has 0 aromatic heterocycles. The van der Waals surface area contributed by atoms with Gasteiger partial charge in [0.25, 0.3) is 0 Å². The molecule has 0 aromatic rings. The van der Waals surface area contributed by atoms with Crippen LogP contribution >= 0.6 is 0 Å². The molecular formula is C15H35N2O+. The van der Waals surface area contributed by atoms with Crippen LogP contribution < -0.4 is 0 Å². The molecule has 3 heteroatoms. The number of hydrogen-bond acceptors (Lipinski definition) is 2. The quantitative estimate of drug-likeness (QED) is 0.442. The Morgan fingerprint density at radius 1 is 0.944 bits per heavy atom. The van der Waals surface area contributed by atoms with Crippen molar-refractivity contribution in [3.63, 3.8) is 0 Å². The van der Waals surface area contributed by atoms with Crippen LogP contribution in [0.1, 0.15) is 41.0 Å². The second kappa shape index (κ2) is 8.89. The molecule has 3 nitrogen and oxygen atoms in total. The number of ether oxygens (including phenoxy) is 1. The molecule has 0 amide bonds.